The lowest BCUT2D eigenvalue weighted by molar-refractivity contribution is -0.116. The summed E-state index contributed by atoms with van der Waals surface area (Å²) < 4.78 is 5.17. The molecule has 2 N–H and O–H groups in total. The van der Waals surface area contributed by atoms with Crippen molar-refractivity contribution < 1.29 is 9.53 Å². The smallest absolute Gasteiger partial charge is 0.224 e. The van der Waals surface area contributed by atoms with E-state index in [9.17, 15) is 4.79 Å². The molecule has 25 heavy (non-hydrogen) atoms. The molecule has 0 aliphatic carbocycles. The van der Waals surface area contributed by atoms with Crippen LogP contribution in [0.3, 0.4) is 0 Å². The summed E-state index contributed by atoms with van der Waals surface area (Å²) in [6, 6.07) is 16.7. The molecular formula is C19H18N4O2. The number of amides is 1. The zero-order valence-corrected chi connectivity index (χ0v) is 13.7. The van der Waals surface area contributed by atoms with Gasteiger partial charge >= 0.3 is 0 Å². The number of aryl methyl sites for hydroxylation is 1. The highest BCUT2D eigenvalue weighted by atomic mass is 16.5. The molecule has 3 rings (SSSR count). The summed E-state index contributed by atoms with van der Waals surface area (Å²) in [5.74, 6) is 1.46. The number of para-hydroxylation sites is 2. The minimum atomic E-state index is -0.0400. The Labute approximate surface area is 145 Å². The monoisotopic (exact) mass is 334 g/mol. The van der Waals surface area contributed by atoms with Crippen LogP contribution in [0.2, 0.25) is 0 Å². The minimum Gasteiger partial charge on any atom is -0.479 e. The Morgan fingerprint density at radius 1 is 1.20 bits per heavy atom. The van der Waals surface area contributed by atoms with Crippen LogP contribution in [-0.4, -0.2) is 22.5 Å². The number of ether oxygens (including phenoxy) is 1. The summed E-state index contributed by atoms with van der Waals surface area (Å²) in [6.07, 6.45) is 1.86. The molecule has 1 heterocycles. The van der Waals surface area contributed by atoms with Crippen molar-refractivity contribution in [2.45, 2.75) is 19.3 Å². The number of hydrogen-bond acceptors (Lipinski definition) is 4. The first kappa shape index (κ1) is 16.5. The fourth-order valence-electron chi connectivity index (χ4n) is 2.51. The van der Waals surface area contributed by atoms with Crippen LogP contribution in [0, 0.1) is 11.3 Å². The van der Waals surface area contributed by atoms with Gasteiger partial charge in [0.05, 0.1) is 11.0 Å². The van der Waals surface area contributed by atoms with E-state index in [-0.39, 0.29) is 12.5 Å². The average molecular weight is 334 g/mol. The quantitative estimate of drug-likeness (QED) is 0.692. The number of nitrogens with zero attached hydrogens (tertiary/aromatic N) is 2. The van der Waals surface area contributed by atoms with Crippen molar-refractivity contribution in [2.75, 3.05) is 11.9 Å². The standard InChI is InChI=1S/C19H18N4O2/c20-12-13-25-15-10-8-14(9-11-15)21-19(24)7-3-6-18-22-16-4-1-2-5-17(16)23-18/h1-2,4-5,8-11H,3,6-7,13H2,(H,21,24)(H,22,23). The number of anilines is 1. The topological polar surface area (TPSA) is 90.8 Å². The molecule has 0 saturated carbocycles. The van der Waals surface area contributed by atoms with Crippen LogP contribution in [0.15, 0.2) is 48.5 Å². The van der Waals surface area contributed by atoms with Gasteiger partial charge in [-0.25, -0.2) is 4.98 Å². The van der Waals surface area contributed by atoms with Crippen molar-refractivity contribution in [1.29, 1.82) is 5.26 Å². The summed E-state index contributed by atoms with van der Waals surface area (Å²) in [7, 11) is 0. The number of hydrogen-bond donors (Lipinski definition) is 2. The Morgan fingerprint density at radius 3 is 2.76 bits per heavy atom. The highest BCUT2D eigenvalue weighted by molar-refractivity contribution is 5.90. The van der Waals surface area contributed by atoms with Gasteiger partial charge in [-0.2, -0.15) is 5.26 Å². The Bertz CT molecular complexity index is 861. The number of aromatic nitrogens is 2. The molecule has 0 spiro atoms. The molecule has 1 aromatic heterocycles. The van der Waals surface area contributed by atoms with Gasteiger partial charge in [0.15, 0.2) is 6.61 Å². The van der Waals surface area contributed by atoms with Crippen molar-refractivity contribution in [2.24, 2.45) is 0 Å². The maximum absolute atomic E-state index is 12.0. The second kappa shape index (κ2) is 7.97. The van der Waals surface area contributed by atoms with E-state index >= 15 is 0 Å². The normalized spacial score (nSPS) is 10.4. The number of rotatable bonds is 7. The van der Waals surface area contributed by atoms with E-state index in [1.807, 2.05) is 30.3 Å². The second-order valence-corrected chi connectivity index (χ2v) is 5.57. The van der Waals surface area contributed by atoms with E-state index in [0.717, 1.165) is 29.7 Å². The fraction of sp³-hybridized carbons (Fsp3) is 0.211. The predicted octanol–water partition coefficient (Wildman–Crippen LogP) is 3.43. The molecule has 3 aromatic rings. The first-order valence-corrected chi connectivity index (χ1v) is 8.08. The highest BCUT2D eigenvalue weighted by Crippen LogP contribution is 2.16. The van der Waals surface area contributed by atoms with Crippen molar-refractivity contribution in [3.05, 3.63) is 54.4 Å². The molecule has 6 nitrogen and oxygen atoms in total. The molecule has 0 saturated heterocycles. The number of aromatic amines is 1. The molecule has 0 unspecified atom stereocenters. The van der Waals surface area contributed by atoms with Crippen LogP contribution in [0.5, 0.6) is 5.75 Å². The summed E-state index contributed by atoms with van der Waals surface area (Å²) in [4.78, 5) is 19.8. The molecule has 2 aromatic carbocycles. The molecule has 126 valence electrons. The van der Waals surface area contributed by atoms with Gasteiger partial charge in [0.1, 0.15) is 17.6 Å². The summed E-state index contributed by atoms with van der Waals surface area (Å²) >= 11 is 0. The zero-order valence-electron chi connectivity index (χ0n) is 13.7. The van der Waals surface area contributed by atoms with E-state index in [2.05, 4.69) is 15.3 Å². The number of carbonyl (C=O) groups excluding carboxylic acids is 1. The van der Waals surface area contributed by atoms with E-state index in [1.54, 1.807) is 24.3 Å². The van der Waals surface area contributed by atoms with E-state index in [1.165, 1.54) is 0 Å². The largest absolute Gasteiger partial charge is 0.479 e. The maximum Gasteiger partial charge on any atom is 0.224 e. The van der Waals surface area contributed by atoms with Gasteiger partial charge in [-0.15, -0.1) is 0 Å². The number of H-pyrrole nitrogens is 1. The van der Waals surface area contributed by atoms with Crippen molar-refractivity contribution in [1.82, 2.24) is 9.97 Å². The molecule has 0 radical (unpaired) electrons. The van der Waals surface area contributed by atoms with Gasteiger partial charge in [-0.05, 0) is 42.8 Å². The van der Waals surface area contributed by atoms with Gasteiger partial charge in [-0.1, -0.05) is 12.1 Å². The molecule has 0 aliphatic heterocycles. The molecule has 0 fully saturated rings. The van der Waals surface area contributed by atoms with Crippen LogP contribution in [0.4, 0.5) is 5.69 Å². The van der Waals surface area contributed by atoms with Gasteiger partial charge in [0, 0.05) is 18.5 Å². The van der Waals surface area contributed by atoms with Gasteiger partial charge in [0.25, 0.3) is 0 Å². The highest BCUT2D eigenvalue weighted by Gasteiger charge is 2.06. The SMILES string of the molecule is N#CCOc1ccc(NC(=O)CCCc2nc3ccccc3[nH]2)cc1. The number of fused-ring (bicyclic) bond motifs is 1. The third-order valence-electron chi connectivity index (χ3n) is 3.70. The van der Waals surface area contributed by atoms with Crippen molar-refractivity contribution >= 4 is 22.6 Å². The number of imidazole rings is 1. The average Bonchev–Trinajstić information content (AvgIpc) is 3.04. The van der Waals surface area contributed by atoms with Crippen LogP contribution >= 0.6 is 0 Å². The lowest BCUT2D eigenvalue weighted by atomic mass is 10.2. The molecular weight excluding hydrogens is 316 g/mol. The van der Waals surface area contributed by atoms with Gasteiger partial charge < -0.3 is 15.0 Å². The lowest BCUT2D eigenvalue weighted by Crippen LogP contribution is -2.11. The van der Waals surface area contributed by atoms with Crippen molar-refractivity contribution in [3.63, 3.8) is 0 Å². The lowest BCUT2D eigenvalue weighted by Gasteiger charge is -2.06. The Hall–Kier alpha value is -3.33. The molecule has 1 amide bonds. The van der Waals surface area contributed by atoms with E-state index in [4.69, 9.17) is 10.00 Å². The third kappa shape index (κ3) is 4.58. The zero-order chi connectivity index (χ0) is 17.5. The second-order valence-electron chi connectivity index (χ2n) is 5.57. The first-order valence-electron chi connectivity index (χ1n) is 8.08. The summed E-state index contributed by atoms with van der Waals surface area (Å²) in [5.41, 5.74) is 2.67. The van der Waals surface area contributed by atoms with Crippen LogP contribution in [-0.2, 0) is 11.2 Å². The Balaban J connectivity index is 1.45. The van der Waals surface area contributed by atoms with Crippen LogP contribution in [0.1, 0.15) is 18.7 Å². The molecule has 0 aliphatic rings. The van der Waals surface area contributed by atoms with E-state index in [0.29, 0.717) is 17.9 Å². The van der Waals surface area contributed by atoms with E-state index < -0.39 is 0 Å². The Morgan fingerprint density at radius 2 is 2.00 bits per heavy atom. The molecule has 6 heteroatoms. The summed E-state index contributed by atoms with van der Waals surface area (Å²) in [5, 5.41) is 11.3. The fourth-order valence-corrected chi connectivity index (χ4v) is 2.51. The molecule has 0 bridgehead atoms. The van der Waals surface area contributed by atoms with Crippen molar-refractivity contribution in [3.8, 4) is 11.8 Å². The van der Waals surface area contributed by atoms with Crippen LogP contribution < -0.4 is 10.1 Å². The Kier molecular flexibility index (Phi) is 5.27. The summed E-state index contributed by atoms with van der Waals surface area (Å²) in [6.45, 7) is 0.00744. The third-order valence-corrected chi connectivity index (χ3v) is 3.70. The number of carbonyl (C=O) groups is 1. The minimum absolute atomic E-state index is 0.00744. The van der Waals surface area contributed by atoms with Gasteiger partial charge in [-0.3, -0.25) is 4.79 Å². The maximum atomic E-state index is 12.0. The number of nitriles is 1. The van der Waals surface area contributed by atoms with Gasteiger partial charge in [0.2, 0.25) is 5.91 Å². The number of benzene rings is 2. The predicted molar refractivity (Wildman–Crippen MR) is 95.2 cm³/mol. The van der Waals surface area contributed by atoms with Crippen LogP contribution in [0.25, 0.3) is 11.0 Å². The number of nitrogens with one attached hydrogen (secondary N) is 2. The first-order chi connectivity index (χ1) is 12.2. The molecule has 0 atom stereocenters.